The van der Waals surface area contributed by atoms with Crippen LogP contribution in [0.25, 0.3) is 0 Å². The van der Waals surface area contributed by atoms with Crippen molar-refractivity contribution < 1.29 is 49.7 Å². The highest BCUT2D eigenvalue weighted by Gasteiger charge is 2.43. The predicted octanol–water partition coefficient (Wildman–Crippen LogP) is 15.7. The number of ether oxygens (including phenoxy) is 4. The number of aryl methyl sites for hydroxylation is 8. The van der Waals surface area contributed by atoms with Crippen LogP contribution in [0.1, 0.15) is 44.5 Å². The van der Waals surface area contributed by atoms with Gasteiger partial charge < -0.3 is 18.9 Å². The van der Waals surface area contributed by atoms with Crippen LogP contribution in [0.5, 0.6) is 23.0 Å². The largest absolute Gasteiger partial charge is 0.586 e. The van der Waals surface area contributed by atoms with Gasteiger partial charge in [0.15, 0.2) is 34.6 Å². The molecule has 9 rings (SSSR count). The van der Waals surface area contributed by atoms with Crippen molar-refractivity contribution in [2.75, 3.05) is 6.79 Å². The van der Waals surface area contributed by atoms with Gasteiger partial charge in [0.25, 0.3) is 0 Å². The van der Waals surface area contributed by atoms with Gasteiger partial charge in [-0.15, -0.1) is 8.78 Å². The summed E-state index contributed by atoms with van der Waals surface area (Å²) in [6, 6.07) is 40.4. The molecule has 0 atom stereocenters. The summed E-state index contributed by atoms with van der Waals surface area (Å²) in [5, 5.41) is 0.801. The zero-order valence-electron chi connectivity index (χ0n) is 36.7. The van der Waals surface area contributed by atoms with Crippen LogP contribution < -0.4 is 18.9 Å². The van der Waals surface area contributed by atoms with E-state index >= 15 is 0 Å². The van der Waals surface area contributed by atoms with E-state index in [4.69, 9.17) is 21.1 Å². The van der Waals surface area contributed by atoms with Gasteiger partial charge in [-0.3, -0.25) is 0 Å². The lowest BCUT2D eigenvalue weighted by atomic mass is 10.2. The molecule has 0 bridgehead atoms. The Kier molecular flexibility index (Phi) is 20.8. The van der Waals surface area contributed by atoms with Crippen LogP contribution in [0.15, 0.2) is 146 Å². The Morgan fingerprint density at radius 1 is 0.359 bits per heavy atom. The van der Waals surface area contributed by atoms with Crippen LogP contribution in [0.4, 0.5) is 30.7 Å². The van der Waals surface area contributed by atoms with Gasteiger partial charge >= 0.3 is 6.29 Å². The highest BCUT2D eigenvalue weighted by molar-refractivity contribution is 6.30. The number of hydrogen-bond donors (Lipinski definition) is 0. The molecule has 0 saturated heterocycles. The molecule has 64 heavy (non-hydrogen) atoms. The lowest BCUT2D eigenvalue weighted by molar-refractivity contribution is -0.286. The van der Waals surface area contributed by atoms with Crippen LogP contribution in [-0.4, -0.2) is 13.1 Å². The van der Waals surface area contributed by atoms with Gasteiger partial charge in [0.05, 0.1) is 0 Å². The molecule has 0 aromatic heterocycles. The molecule has 338 valence electrons. The summed E-state index contributed by atoms with van der Waals surface area (Å²) in [6.07, 6.45) is -3.50. The molecule has 0 unspecified atom stereocenters. The van der Waals surface area contributed by atoms with E-state index < -0.39 is 29.6 Å². The Bertz CT molecular complexity index is 2280. The second-order valence-electron chi connectivity index (χ2n) is 14.6. The molecule has 2 aliphatic rings. The van der Waals surface area contributed by atoms with Crippen molar-refractivity contribution in [3.63, 3.8) is 0 Å². The minimum absolute atomic E-state index is 0.0885. The van der Waals surface area contributed by atoms with E-state index in [1.54, 1.807) is 39.0 Å². The number of alkyl halides is 2. The van der Waals surface area contributed by atoms with Crippen molar-refractivity contribution in [2.24, 2.45) is 0 Å². The molecule has 0 N–H and O–H groups in total. The standard InChI is InChI=1S/C8H6F2O2.C8H8O2.C8H10.C7H7Cl.2C7H6F2.C7H7F/c1-5-2-3-6-7(4-5)12-8(9,10)11-6;1-6-2-3-7-8(4-6)10-5-9-7;1-7-3-5-8(2)6-4-7;1-6-2-4-7(8)5-3-6;1-5-2-6(8)4-7(9)3-5;1-5-2-3-6(8)7(9)4-5;1-6-2-4-7(8)5-3-6/h2-4H,1H3;2-4H,5H2,1H3;3-6H,1-2H3;2-5H,1H3;2*2-4H,1H3;2-5H,1H3. The van der Waals surface area contributed by atoms with Crippen molar-refractivity contribution in [1.29, 1.82) is 0 Å². The van der Waals surface area contributed by atoms with Crippen LogP contribution in [0, 0.1) is 84.5 Å². The Balaban J connectivity index is 0.000000200. The summed E-state index contributed by atoms with van der Waals surface area (Å²) in [4.78, 5) is 0. The summed E-state index contributed by atoms with van der Waals surface area (Å²) >= 11 is 5.61. The number of halogens is 8. The molecule has 0 aliphatic carbocycles. The quantitative estimate of drug-likeness (QED) is 0.142. The third-order valence-electron chi connectivity index (χ3n) is 8.41. The summed E-state index contributed by atoms with van der Waals surface area (Å²) in [7, 11) is 0. The first-order chi connectivity index (χ1) is 30.2. The normalized spacial score (nSPS) is 11.7. The summed E-state index contributed by atoms with van der Waals surface area (Å²) in [6.45, 7) is 15.7. The molecule has 0 spiro atoms. The van der Waals surface area contributed by atoms with Gasteiger partial charge in [0, 0.05) is 11.1 Å². The molecular formula is C52H50ClF7O4. The monoisotopic (exact) mass is 906 g/mol. The van der Waals surface area contributed by atoms with Crippen LogP contribution in [0.3, 0.4) is 0 Å². The first-order valence-corrected chi connectivity index (χ1v) is 20.1. The van der Waals surface area contributed by atoms with Gasteiger partial charge in [0.1, 0.15) is 17.5 Å². The number of fused-ring (bicyclic) bond motifs is 2. The van der Waals surface area contributed by atoms with Gasteiger partial charge in [-0.05, 0) is 150 Å². The SMILES string of the molecule is Cc1cc(F)cc(F)c1.Cc1ccc(C)cc1.Cc1ccc(Cl)cc1.Cc1ccc(F)c(F)c1.Cc1ccc(F)cc1.Cc1ccc2c(c1)OC(F)(F)O2.Cc1ccc2c(c1)OCO2. The zero-order chi connectivity index (χ0) is 47.4. The molecule has 4 nitrogen and oxygen atoms in total. The van der Waals surface area contributed by atoms with E-state index in [1.165, 1.54) is 64.7 Å². The Hall–Kier alpha value is -6.46. The molecule has 2 heterocycles. The lowest BCUT2D eigenvalue weighted by Gasteiger charge is -2.04. The molecule has 0 saturated carbocycles. The Morgan fingerprint density at radius 3 is 1.20 bits per heavy atom. The van der Waals surface area contributed by atoms with Gasteiger partial charge in [-0.25, -0.2) is 22.0 Å². The highest BCUT2D eigenvalue weighted by atomic mass is 35.5. The first kappa shape index (κ1) is 51.9. The van der Waals surface area contributed by atoms with Crippen molar-refractivity contribution in [2.45, 2.75) is 61.7 Å². The third-order valence-corrected chi connectivity index (χ3v) is 8.66. The lowest BCUT2D eigenvalue weighted by Crippen LogP contribution is -2.25. The van der Waals surface area contributed by atoms with E-state index in [2.05, 4.69) is 47.6 Å². The van der Waals surface area contributed by atoms with E-state index in [0.29, 0.717) is 12.4 Å². The fraction of sp³-hybridized carbons (Fsp3) is 0.192. The Labute approximate surface area is 375 Å². The summed E-state index contributed by atoms with van der Waals surface area (Å²) < 4.78 is 104. The van der Waals surface area contributed by atoms with Gasteiger partial charge in [-0.1, -0.05) is 101 Å². The zero-order valence-corrected chi connectivity index (χ0v) is 37.5. The average molecular weight is 907 g/mol. The summed E-state index contributed by atoms with van der Waals surface area (Å²) in [5.74, 6) is -0.887. The summed E-state index contributed by atoms with van der Waals surface area (Å²) in [5.41, 5.74) is 8.38. The van der Waals surface area contributed by atoms with E-state index in [0.717, 1.165) is 51.4 Å². The van der Waals surface area contributed by atoms with Crippen LogP contribution in [0.2, 0.25) is 5.02 Å². The van der Waals surface area contributed by atoms with Crippen LogP contribution >= 0.6 is 11.6 Å². The number of rotatable bonds is 0. The topological polar surface area (TPSA) is 36.9 Å². The minimum atomic E-state index is -3.50. The maximum absolute atomic E-state index is 12.4. The fourth-order valence-corrected chi connectivity index (χ4v) is 5.18. The Morgan fingerprint density at radius 2 is 0.750 bits per heavy atom. The smallest absolute Gasteiger partial charge is 0.454 e. The number of benzene rings is 7. The van der Waals surface area contributed by atoms with Crippen molar-refractivity contribution in [3.8, 4) is 23.0 Å². The van der Waals surface area contributed by atoms with Crippen molar-refractivity contribution in [3.05, 3.63) is 224 Å². The molecule has 7 aromatic rings. The first-order valence-electron chi connectivity index (χ1n) is 19.7. The van der Waals surface area contributed by atoms with E-state index in [1.807, 2.05) is 63.2 Å². The molecule has 7 aromatic carbocycles. The molecule has 0 fully saturated rings. The maximum atomic E-state index is 12.4. The second kappa shape index (κ2) is 25.6. The second-order valence-corrected chi connectivity index (χ2v) is 15.0. The average Bonchev–Trinajstić information content (AvgIpc) is 3.82. The highest BCUT2D eigenvalue weighted by Crippen LogP contribution is 2.41. The third kappa shape index (κ3) is 20.2. The van der Waals surface area contributed by atoms with Crippen molar-refractivity contribution in [1.82, 2.24) is 0 Å². The van der Waals surface area contributed by atoms with E-state index in [9.17, 15) is 30.7 Å². The molecular weight excluding hydrogens is 857 g/mol. The minimum Gasteiger partial charge on any atom is -0.454 e. The maximum Gasteiger partial charge on any atom is 0.586 e. The molecule has 12 heteroatoms. The van der Waals surface area contributed by atoms with E-state index in [-0.39, 0.29) is 17.3 Å². The van der Waals surface area contributed by atoms with Gasteiger partial charge in [0.2, 0.25) is 6.79 Å². The fourth-order valence-electron chi connectivity index (χ4n) is 5.06. The number of hydrogen-bond acceptors (Lipinski definition) is 4. The molecule has 2 aliphatic heterocycles. The van der Waals surface area contributed by atoms with Crippen molar-refractivity contribution >= 4 is 11.6 Å². The van der Waals surface area contributed by atoms with Gasteiger partial charge in [-0.2, -0.15) is 0 Å². The predicted molar refractivity (Wildman–Crippen MR) is 240 cm³/mol. The molecule has 0 radical (unpaired) electrons. The molecule has 0 amide bonds. The van der Waals surface area contributed by atoms with Crippen LogP contribution in [-0.2, 0) is 0 Å².